The van der Waals surface area contributed by atoms with Crippen LogP contribution in [0.25, 0.3) is 0 Å². The number of carbonyl (C=O) groups excluding carboxylic acids is 2. The molecule has 1 aromatic rings. The molecule has 6 heteroatoms. The molecule has 4 atom stereocenters. The van der Waals surface area contributed by atoms with E-state index in [0.29, 0.717) is 12.2 Å². The SMILES string of the molecule is CC(=O)N(Cc1ccc(NC(=O)C2C3C=CC(C3)C2C(=O)O)cc1)C(C)C. The molecule has 0 radical (unpaired) electrons. The Labute approximate surface area is 159 Å². The Hall–Kier alpha value is -2.63. The Kier molecular flexibility index (Phi) is 5.35. The van der Waals surface area contributed by atoms with Crippen LogP contribution in [0.5, 0.6) is 0 Å². The molecule has 144 valence electrons. The second-order valence-corrected chi connectivity index (χ2v) is 7.76. The Balaban J connectivity index is 1.66. The molecule has 0 heterocycles. The second-order valence-electron chi connectivity index (χ2n) is 7.76. The molecule has 1 aromatic carbocycles. The van der Waals surface area contributed by atoms with E-state index in [0.717, 1.165) is 12.0 Å². The molecule has 6 nitrogen and oxygen atoms in total. The van der Waals surface area contributed by atoms with Crippen LogP contribution in [-0.4, -0.2) is 33.8 Å². The van der Waals surface area contributed by atoms with Gasteiger partial charge in [0.1, 0.15) is 0 Å². The summed E-state index contributed by atoms with van der Waals surface area (Å²) >= 11 is 0. The van der Waals surface area contributed by atoms with Crippen LogP contribution in [-0.2, 0) is 20.9 Å². The van der Waals surface area contributed by atoms with Crippen LogP contribution < -0.4 is 5.32 Å². The summed E-state index contributed by atoms with van der Waals surface area (Å²) in [7, 11) is 0. The average molecular weight is 370 g/mol. The number of hydrogen-bond donors (Lipinski definition) is 2. The monoisotopic (exact) mass is 370 g/mol. The number of carbonyl (C=O) groups is 3. The van der Waals surface area contributed by atoms with E-state index in [2.05, 4.69) is 5.32 Å². The van der Waals surface area contributed by atoms with Crippen molar-refractivity contribution in [3.63, 3.8) is 0 Å². The summed E-state index contributed by atoms with van der Waals surface area (Å²) < 4.78 is 0. The predicted octanol–water partition coefficient (Wildman–Crippen LogP) is 2.90. The van der Waals surface area contributed by atoms with Crippen molar-refractivity contribution < 1.29 is 19.5 Å². The smallest absolute Gasteiger partial charge is 0.307 e. The van der Waals surface area contributed by atoms with E-state index in [9.17, 15) is 19.5 Å². The van der Waals surface area contributed by atoms with Crippen molar-refractivity contribution in [2.24, 2.45) is 23.7 Å². The van der Waals surface area contributed by atoms with Gasteiger partial charge in [0.05, 0.1) is 11.8 Å². The Morgan fingerprint density at radius 1 is 1.11 bits per heavy atom. The lowest BCUT2D eigenvalue weighted by Gasteiger charge is -2.25. The lowest BCUT2D eigenvalue weighted by Crippen LogP contribution is -2.36. The first kappa shape index (κ1) is 19.1. The number of carboxylic acids is 1. The first-order chi connectivity index (χ1) is 12.8. The van der Waals surface area contributed by atoms with E-state index in [4.69, 9.17) is 0 Å². The highest BCUT2D eigenvalue weighted by atomic mass is 16.4. The summed E-state index contributed by atoms with van der Waals surface area (Å²) in [5.74, 6) is -2.32. The molecular weight excluding hydrogens is 344 g/mol. The molecule has 2 aliphatic carbocycles. The van der Waals surface area contributed by atoms with Gasteiger partial charge in [0, 0.05) is 25.2 Å². The number of carboxylic acid groups (broad SMARTS) is 1. The maximum atomic E-state index is 12.7. The standard InChI is InChI=1S/C21H26N2O4/c1-12(2)23(13(3)24)11-14-4-8-17(9-5-14)22-20(25)18-15-6-7-16(10-15)19(18)21(26)27/h4-9,12,15-16,18-19H,10-11H2,1-3H3,(H,22,25)(H,26,27). The zero-order chi connectivity index (χ0) is 19.7. The van der Waals surface area contributed by atoms with Gasteiger partial charge in [0.2, 0.25) is 11.8 Å². The number of allylic oxidation sites excluding steroid dienone is 2. The van der Waals surface area contributed by atoms with Gasteiger partial charge in [0.25, 0.3) is 0 Å². The highest BCUT2D eigenvalue weighted by molar-refractivity contribution is 5.96. The summed E-state index contributed by atoms with van der Waals surface area (Å²) in [6.07, 6.45) is 4.64. The van der Waals surface area contributed by atoms with E-state index in [1.165, 1.54) is 0 Å². The summed E-state index contributed by atoms with van der Waals surface area (Å²) in [5.41, 5.74) is 1.61. The number of benzene rings is 1. The van der Waals surface area contributed by atoms with Crippen LogP contribution in [0.1, 0.15) is 32.8 Å². The third kappa shape index (κ3) is 3.89. The fourth-order valence-corrected chi connectivity index (χ4v) is 4.29. The minimum absolute atomic E-state index is 0.00513. The summed E-state index contributed by atoms with van der Waals surface area (Å²) in [5, 5.41) is 12.3. The Morgan fingerprint density at radius 3 is 2.22 bits per heavy atom. The molecule has 2 bridgehead atoms. The van der Waals surface area contributed by atoms with Gasteiger partial charge in [-0.3, -0.25) is 14.4 Å². The largest absolute Gasteiger partial charge is 0.481 e. The van der Waals surface area contributed by atoms with Gasteiger partial charge in [-0.1, -0.05) is 24.3 Å². The molecular formula is C21H26N2O4. The van der Waals surface area contributed by atoms with E-state index in [1.807, 2.05) is 38.1 Å². The third-order valence-corrected chi connectivity index (χ3v) is 5.65. The van der Waals surface area contributed by atoms with Crippen molar-refractivity contribution in [2.45, 2.75) is 39.8 Å². The van der Waals surface area contributed by atoms with Gasteiger partial charge < -0.3 is 15.3 Å². The van der Waals surface area contributed by atoms with E-state index >= 15 is 0 Å². The summed E-state index contributed by atoms with van der Waals surface area (Å²) in [4.78, 5) is 37.8. The minimum atomic E-state index is -0.902. The number of nitrogens with zero attached hydrogens (tertiary/aromatic N) is 1. The van der Waals surface area contributed by atoms with Crippen LogP contribution in [0, 0.1) is 23.7 Å². The van der Waals surface area contributed by atoms with Crippen LogP contribution in [0.2, 0.25) is 0 Å². The predicted molar refractivity (Wildman–Crippen MR) is 102 cm³/mol. The number of rotatable bonds is 6. The first-order valence-corrected chi connectivity index (χ1v) is 9.36. The van der Waals surface area contributed by atoms with Gasteiger partial charge in [-0.2, -0.15) is 0 Å². The Morgan fingerprint density at radius 2 is 1.70 bits per heavy atom. The summed E-state index contributed by atoms with van der Waals surface area (Å²) in [6.45, 7) is 6.01. The molecule has 0 saturated heterocycles. The molecule has 2 N–H and O–H groups in total. The summed E-state index contributed by atoms with van der Waals surface area (Å²) in [6, 6.07) is 7.46. The van der Waals surface area contributed by atoms with Gasteiger partial charge in [0.15, 0.2) is 0 Å². The van der Waals surface area contributed by atoms with Crippen LogP contribution in [0.4, 0.5) is 5.69 Å². The topological polar surface area (TPSA) is 86.7 Å². The number of aliphatic carboxylic acids is 1. The molecule has 1 fully saturated rings. The molecule has 0 aromatic heterocycles. The van der Waals surface area contributed by atoms with Crippen molar-refractivity contribution in [2.75, 3.05) is 5.32 Å². The molecule has 2 aliphatic rings. The van der Waals surface area contributed by atoms with Gasteiger partial charge >= 0.3 is 5.97 Å². The maximum Gasteiger partial charge on any atom is 0.307 e. The van der Waals surface area contributed by atoms with Crippen molar-refractivity contribution in [1.82, 2.24) is 4.90 Å². The van der Waals surface area contributed by atoms with Crippen molar-refractivity contribution in [1.29, 1.82) is 0 Å². The molecule has 2 amide bonds. The highest BCUT2D eigenvalue weighted by Crippen LogP contribution is 2.48. The van der Waals surface area contributed by atoms with E-state index in [1.54, 1.807) is 24.0 Å². The van der Waals surface area contributed by atoms with Crippen LogP contribution in [0.3, 0.4) is 0 Å². The fourth-order valence-electron chi connectivity index (χ4n) is 4.29. The fraction of sp³-hybridized carbons (Fsp3) is 0.476. The molecule has 0 spiro atoms. The third-order valence-electron chi connectivity index (χ3n) is 5.65. The van der Waals surface area contributed by atoms with Gasteiger partial charge in [-0.15, -0.1) is 0 Å². The van der Waals surface area contributed by atoms with E-state index < -0.39 is 17.8 Å². The van der Waals surface area contributed by atoms with E-state index in [-0.39, 0.29) is 29.7 Å². The lowest BCUT2D eigenvalue weighted by molar-refractivity contribution is -0.146. The molecule has 1 saturated carbocycles. The van der Waals surface area contributed by atoms with Crippen molar-refractivity contribution in [3.05, 3.63) is 42.0 Å². The number of nitrogens with one attached hydrogen (secondary N) is 1. The zero-order valence-corrected chi connectivity index (χ0v) is 15.9. The van der Waals surface area contributed by atoms with Crippen molar-refractivity contribution >= 4 is 23.5 Å². The zero-order valence-electron chi connectivity index (χ0n) is 15.9. The van der Waals surface area contributed by atoms with Gasteiger partial charge in [-0.25, -0.2) is 0 Å². The molecule has 4 unspecified atom stereocenters. The number of hydrogen-bond acceptors (Lipinski definition) is 3. The normalized spacial score (nSPS) is 25.6. The first-order valence-electron chi connectivity index (χ1n) is 9.36. The minimum Gasteiger partial charge on any atom is -0.481 e. The van der Waals surface area contributed by atoms with Gasteiger partial charge in [-0.05, 0) is 49.8 Å². The Bertz CT molecular complexity index is 769. The quantitative estimate of drug-likeness (QED) is 0.754. The van der Waals surface area contributed by atoms with Crippen molar-refractivity contribution in [3.8, 4) is 0 Å². The van der Waals surface area contributed by atoms with Crippen LogP contribution in [0.15, 0.2) is 36.4 Å². The number of anilines is 1. The number of amides is 2. The maximum absolute atomic E-state index is 12.7. The molecule has 3 rings (SSSR count). The average Bonchev–Trinajstić information content (AvgIpc) is 3.21. The lowest BCUT2D eigenvalue weighted by atomic mass is 9.82. The number of fused-ring (bicyclic) bond motifs is 2. The molecule has 0 aliphatic heterocycles. The van der Waals surface area contributed by atoms with Crippen LogP contribution >= 0.6 is 0 Å². The highest BCUT2D eigenvalue weighted by Gasteiger charge is 2.51. The molecule has 27 heavy (non-hydrogen) atoms. The second kappa shape index (κ2) is 7.55.